The topological polar surface area (TPSA) is 269 Å². The minimum atomic E-state index is -4.04. The molecule has 1 aromatic heterocycles. The Balaban J connectivity index is 2.00. The van der Waals surface area contributed by atoms with Gasteiger partial charge < -0.3 is 36.3 Å². The Kier molecular flexibility index (Phi) is 7.51. The number of rotatable bonds is 10. The van der Waals surface area contributed by atoms with Crippen molar-refractivity contribution in [1.29, 1.82) is 5.41 Å². The number of aromatic nitrogens is 2. The molecule has 1 heterocycles. The summed E-state index contributed by atoms with van der Waals surface area (Å²) in [6, 6.07) is 11.2. The van der Waals surface area contributed by atoms with Crippen molar-refractivity contribution in [2.75, 3.05) is 13.2 Å². The first-order valence-corrected chi connectivity index (χ1v) is 13.1. The van der Waals surface area contributed by atoms with Crippen LogP contribution in [-0.2, 0) is 27.0 Å². The van der Waals surface area contributed by atoms with Gasteiger partial charge in [0.05, 0.1) is 29.8 Å². The molecule has 0 radical (unpaired) electrons. The van der Waals surface area contributed by atoms with Crippen LogP contribution < -0.4 is 15.6 Å². The van der Waals surface area contributed by atoms with Crippen LogP contribution in [0.3, 0.4) is 0 Å². The van der Waals surface area contributed by atoms with Crippen molar-refractivity contribution < 1.29 is 38.7 Å². The summed E-state index contributed by atoms with van der Waals surface area (Å²) in [5.74, 6) is -2.47. The Morgan fingerprint density at radius 3 is 2.30 bits per heavy atom. The summed E-state index contributed by atoms with van der Waals surface area (Å²) in [7, 11) is -4.04. The lowest BCUT2D eigenvalue weighted by Gasteiger charge is -2.27. The van der Waals surface area contributed by atoms with Gasteiger partial charge in [0, 0.05) is 23.2 Å². The van der Waals surface area contributed by atoms with Crippen LogP contribution in [0.15, 0.2) is 48.5 Å². The molecule has 14 nitrogen and oxygen atoms in total. The molecule has 4 rings (SSSR count). The third kappa shape index (κ3) is 5.31. The molecule has 4 aromatic rings. The lowest BCUT2D eigenvalue weighted by Crippen LogP contribution is -2.43. The van der Waals surface area contributed by atoms with Crippen molar-refractivity contribution in [3.05, 3.63) is 65.2 Å². The largest absolute Gasteiger partial charge is 0.507 e. The molecule has 0 bridgehead atoms. The molecule has 0 fully saturated rings. The fourth-order valence-electron chi connectivity index (χ4n) is 4.18. The van der Waals surface area contributed by atoms with Crippen LogP contribution in [0.4, 0.5) is 0 Å². The van der Waals surface area contributed by atoms with Crippen LogP contribution in [0.2, 0.25) is 0 Å². The minimum Gasteiger partial charge on any atom is -0.507 e. The number of aromatic hydroxyl groups is 2. The number of carboxylic acid groups (broad SMARTS) is 1. The Labute approximate surface area is 227 Å². The SMILES string of the molecule is N=C(N)c1ccc2[nH]c(-c3cc(C(CO)(CO)C(=O)O)cc(-c4cc(CNS(N)(=O)=O)ccc4O)c3O)nc2c1. The molecule has 0 aliphatic carbocycles. The second-order valence-electron chi connectivity index (χ2n) is 9.07. The predicted octanol–water partition coefficient (Wildman–Crippen LogP) is 0.192. The van der Waals surface area contributed by atoms with Crippen molar-refractivity contribution in [3.63, 3.8) is 0 Å². The number of carbonyl (C=O) groups is 1. The number of phenolic OH excluding ortho intramolecular Hbond substituents is 2. The summed E-state index contributed by atoms with van der Waals surface area (Å²) in [5.41, 5.74) is 4.70. The molecule has 0 saturated carbocycles. The molecule has 0 aliphatic rings. The number of nitrogens with zero attached hydrogens (tertiary/aromatic N) is 1. The maximum absolute atomic E-state index is 12.2. The Morgan fingerprint density at radius 2 is 1.70 bits per heavy atom. The third-order valence-corrected chi connectivity index (χ3v) is 7.04. The number of fused-ring (bicyclic) bond motifs is 1. The molecule has 0 amide bonds. The van der Waals surface area contributed by atoms with E-state index in [1.807, 2.05) is 0 Å². The zero-order valence-corrected chi connectivity index (χ0v) is 21.5. The van der Waals surface area contributed by atoms with Crippen LogP contribution in [0.5, 0.6) is 11.5 Å². The average Bonchev–Trinajstić information content (AvgIpc) is 3.32. The molecule has 210 valence electrons. The first-order valence-electron chi connectivity index (χ1n) is 11.6. The van der Waals surface area contributed by atoms with Crippen molar-refractivity contribution in [2.24, 2.45) is 10.9 Å². The first-order chi connectivity index (χ1) is 18.8. The standard InChI is InChI=1S/C25H26N6O8S/c26-22(27)13-2-3-18-19(6-13)31-23(30-18)17-8-14(25(10-32,11-33)24(36)37)7-16(21(17)35)15-5-12(1-4-20(15)34)9-29-40(28,38)39/h1-8,29,32-35H,9-11H2,(H3,26,27)(H,30,31)(H,36,37)(H2,28,38,39). The molecule has 15 heteroatoms. The molecule has 0 atom stereocenters. The van der Waals surface area contributed by atoms with E-state index in [-0.39, 0.29) is 46.2 Å². The normalized spacial score (nSPS) is 12.1. The fourth-order valence-corrected chi connectivity index (χ4v) is 4.55. The smallest absolute Gasteiger partial charge is 0.318 e. The lowest BCUT2D eigenvalue weighted by atomic mass is 9.79. The van der Waals surface area contributed by atoms with Gasteiger partial charge in [-0.15, -0.1) is 0 Å². The number of nitrogens with one attached hydrogen (secondary N) is 3. The first kappa shape index (κ1) is 28.5. The molecule has 12 N–H and O–H groups in total. The summed E-state index contributed by atoms with van der Waals surface area (Å²) in [6.07, 6.45) is 0. The second-order valence-corrected chi connectivity index (χ2v) is 10.5. The quantitative estimate of drug-likeness (QED) is 0.0913. The van der Waals surface area contributed by atoms with Gasteiger partial charge in [-0.25, -0.2) is 10.1 Å². The fraction of sp³-hybridized carbons (Fsp3) is 0.160. The molecule has 0 saturated heterocycles. The number of imidazole rings is 1. The van der Waals surface area contributed by atoms with Gasteiger partial charge >= 0.3 is 5.97 Å². The number of nitrogen functional groups attached to an aromatic ring is 1. The van der Waals surface area contributed by atoms with E-state index in [2.05, 4.69) is 14.7 Å². The second kappa shape index (κ2) is 10.6. The van der Waals surface area contributed by atoms with E-state index >= 15 is 0 Å². The molecule has 0 unspecified atom stereocenters. The zero-order valence-electron chi connectivity index (χ0n) is 20.7. The summed E-state index contributed by atoms with van der Waals surface area (Å²) in [6.45, 7) is -2.27. The number of carboxylic acids is 1. The summed E-state index contributed by atoms with van der Waals surface area (Å²) < 4.78 is 24.8. The van der Waals surface area contributed by atoms with Gasteiger partial charge in [-0.1, -0.05) is 6.07 Å². The Morgan fingerprint density at radius 1 is 1.02 bits per heavy atom. The van der Waals surface area contributed by atoms with Crippen molar-refractivity contribution in [3.8, 4) is 34.0 Å². The van der Waals surface area contributed by atoms with Gasteiger partial charge in [0.2, 0.25) is 0 Å². The number of aliphatic hydroxyl groups excluding tert-OH is 2. The number of H-pyrrole nitrogens is 1. The van der Waals surface area contributed by atoms with Crippen molar-refractivity contribution in [2.45, 2.75) is 12.0 Å². The number of benzene rings is 3. The molecule has 40 heavy (non-hydrogen) atoms. The maximum Gasteiger partial charge on any atom is 0.318 e. The molecule has 0 spiro atoms. The lowest BCUT2D eigenvalue weighted by molar-refractivity contribution is -0.147. The number of hydrogen-bond acceptors (Lipinski definition) is 9. The van der Waals surface area contributed by atoms with Gasteiger partial charge in [0.25, 0.3) is 10.2 Å². The monoisotopic (exact) mass is 570 g/mol. The van der Waals surface area contributed by atoms with Gasteiger partial charge in [0.1, 0.15) is 28.6 Å². The number of aliphatic hydroxyl groups is 2. The zero-order chi connectivity index (χ0) is 29.4. The highest BCUT2D eigenvalue weighted by Crippen LogP contribution is 2.44. The minimum absolute atomic E-state index is 0.0144. The van der Waals surface area contributed by atoms with E-state index in [9.17, 15) is 38.7 Å². The number of aliphatic carboxylic acids is 1. The molecule has 0 aliphatic heterocycles. The predicted molar refractivity (Wildman–Crippen MR) is 145 cm³/mol. The summed E-state index contributed by atoms with van der Waals surface area (Å²) in [5, 5.41) is 64.7. The van der Waals surface area contributed by atoms with E-state index in [0.29, 0.717) is 22.2 Å². The Bertz CT molecular complexity index is 1750. The highest BCUT2D eigenvalue weighted by atomic mass is 32.2. The number of aromatic amines is 1. The van der Waals surface area contributed by atoms with Crippen molar-refractivity contribution >= 4 is 33.0 Å². The van der Waals surface area contributed by atoms with Crippen LogP contribution in [0.25, 0.3) is 33.5 Å². The van der Waals surface area contributed by atoms with Crippen LogP contribution in [0, 0.1) is 5.41 Å². The average molecular weight is 571 g/mol. The molecule has 3 aromatic carbocycles. The molecular weight excluding hydrogens is 544 g/mol. The van der Waals surface area contributed by atoms with Crippen molar-refractivity contribution in [1.82, 2.24) is 14.7 Å². The van der Waals surface area contributed by atoms with Crippen LogP contribution in [0.1, 0.15) is 16.7 Å². The van der Waals surface area contributed by atoms with Gasteiger partial charge in [-0.3, -0.25) is 10.2 Å². The van der Waals surface area contributed by atoms with Crippen LogP contribution >= 0.6 is 0 Å². The number of hydrogen-bond donors (Lipinski definition) is 10. The number of amidine groups is 1. The van der Waals surface area contributed by atoms with E-state index in [4.69, 9.17) is 16.3 Å². The van der Waals surface area contributed by atoms with Gasteiger partial charge in [0.15, 0.2) is 0 Å². The summed E-state index contributed by atoms with van der Waals surface area (Å²) >= 11 is 0. The van der Waals surface area contributed by atoms with E-state index in [1.165, 1.54) is 36.4 Å². The highest BCUT2D eigenvalue weighted by Gasteiger charge is 2.41. The van der Waals surface area contributed by atoms with E-state index < -0.39 is 40.6 Å². The Hall–Kier alpha value is -4.54. The maximum atomic E-state index is 12.2. The summed E-state index contributed by atoms with van der Waals surface area (Å²) in [4.78, 5) is 19.7. The van der Waals surface area contributed by atoms with E-state index in [1.54, 1.807) is 12.1 Å². The molecular formula is C25H26N6O8S. The van der Waals surface area contributed by atoms with E-state index in [0.717, 1.165) is 0 Å². The number of phenols is 2. The number of nitrogens with two attached hydrogens (primary N) is 2. The third-order valence-electron chi connectivity index (χ3n) is 6.49. The van der Waals surface area contributed by atoms with Gasteiger partial charge in [-0.05, 0) is 53.6 Å². The van der Waals surface area contributed by atoms with Gasteiger partial charge in [-0.2, -0.15) is 13.1 Å². The highest BCUT2D eigenvalue weighted by molar-refractivity contribution is 7.87. The van der Waals surface area contributed by atoms with Crippen LogP contribution in [-0.4, -0.2) is 68.9 Å².